The van der Waals surface area contributed by atoms with Gasteiger partial charge in [-0.25, -0.2) is 0 Å². The van der Waals surface area contributed by atoms with E-state index >= 15 is 0 Å². The topological polar surface area (TPSA) is 68.5 Å². The van der Waals surface area contributed by atoms with Crippen LogP contribution in [0.2, 0.25) is 0 Å². The zero-order valence-electron chi connectivity index (χ0n) is 16.7. The quantitative estimate of drug-likeness (QED) is 0.580. The molecule has 1 unspecified atom stereocenters. The minimum Gasteiger partial charge on any atom is -0.497 e. The number of piperidine rings is 1. The minimum atomic E-state index is 0.0250. The van der Waals surface area contributed by atoms with Gasteiger partial charge in [-0.2, -0.15) is 0 Å². The van der Waals surface area contributed by atoms with Crippen molar-refractivity contribution in [1.29, 1.82) is 0 Å². The number of benzene rings is 2. The van der Waals surface area contributed by atoms with E-state index in [-0.39, 0.29) is 17.7 Å². The first-order chi connectivity index (χ1) is 14.2. The molecule has 150 valence electrons. The van der Waals surface area contributed by atoms with Gasteiger partial charge in [0.05, 0.1) is 13.2 Å². The highest BCUT2D eigenvalue weighted by Gasteiger charge is 2.30. The summed E-state index contributed by atoms with van der Waals surface area (Å²) in [4.78, 5) is 15.1. The van der Waals surface area contributed by atoms with Gasteiger partial charge in [-0.15, -0.1) is 10.2 Å². The maximum atomic E-state index is 12.8. The van der Waals surface area contributed by atoms with Crippen molar-refractivity contribution < 1.29 is 13.9 Å². The van der Waals surface area contributed by atoms with E-state index in [0.29, 0.717) is 11.8 Å². The van der Waals surface area contributed by atoms with Crippen molar-refractivity contribution in [3.8, 4) is 17.2 Å². The molecule has 2 aromatic carbocycles. The summed E-state index contributed by atoms with van der Waals surface area (Å²) in [5.41, 5.74) is 1.67. The largest absolute Gasteiger partial charge is 0.497 e. The fraction of sp³-hybridized carbons (Fsp3) is 0.348. The molecule has 1 aliphatic heterocycles. The number of Topliss-reactive ketones (excluding diaryl/α,β-unsaturated/α-hetero) is 1. The summed E-state index contributed by atoms with van der Waals surface area (Å²) < 4.78 is 11.1. The Kier molecular flexibility index (Phi) is 5.71. The Morgan fingerprint density at radius 3 is 2.41 bits per heavy atom. The van der Waals surface area contributed by atoms with Crippen molar-refractivity contribution in [2.75, 3.05) is 20.2 Å². The van der Waals surface area contributed by atoms with Crippen LogP contribution in [0.5, 0.6) is 5.75 Å². The van der Waals surface area contributed by atoms with Crippen LogP contribution in [0, 0.1) is 5.92 Å². The highest BCUT2D eigenvalue weighted by Crippen LogP contribution is 2.29. The lowest BCUT2D eigenvalue weighted by Crippen LogP contribution is -2.38. The zero-order valence-corrected chi connectivity index (χ0v) is 16.7. The molecule has 1 saturated heterocycles. The molecule has 0 spiro atoms. The SMILES string of the molecule is COc1ccc(C(=O)C2CCN(C(C)c3nnc(-c4ccccc4)o3)CC2)cc1. The Bertz CT molecular complexity index is 945. The second-order valence-corrected chi connectivity index (χ2v) is 7.39. The molecule has 0 saturated carbocycles. The third-order valence-corrected chi connectivity index (χ3v) is 5.64. The first-order valence-corrected chi connectivity index (χ1v) is 9.97. The number of likely N-dealkylation sites (tertiary alicyclic amines) is 1. The molecular weight excluding hydrogens is 366 g/mol. The maximum Gasteiger partial charge on any atom is 0.247 e. The standard InChI is InChI=1S/C23H25N3O3/c1-16(22-24-25-23(29-22)19-6-4-3-5-7-19)26-14-12-18(13-15-26)21(27)17-8-10-20(28-2)11-9-17/h3-11,16,18H,12-15H2,1-2H3. The highest BCUT2D eigenvalue weighted by molar-refractivity contribution is 5.98. The lowest BCUT2D eigenvalue weighted by molar-refractivity contribution is 0.0782. The van der Waals surface area contributed by atoms with Gasteiger partial charge in [-0.05, 0) is 69.3 Å². The van der Waals surface area contributed by atoms with Crippen LogP contribution in [0.15, 0.2) is 59.0 Å². The van der Waals surface area contributed by atoms with Crippen LogP contribution in [-0.2, 0) is 0 Å². The molecule has 0 radical (unpaired) electrons. The van der Waals surface area contributed by atoms with Crippen molar-refractivity contribution in [1.82, 2.24) is 15.1 Å². The summed E-state index contributed by atoms with van der Waals surface area (Å²) in [6.07, 6.45) is 1.66. The predicted octanol–water partition coefficient (Wildman–Crippen LogP) is 4.40. The lowest BCUT2D eigenvalue weighted by Gasteiger charge is -2.34. The number of hydrogen-bond donors (Lipinski definition) is 0. The van der Waals surface area contributed by atoms with Crippen LogP contribution in [-0.4, -0.2) is 41.1 Å². The minimum absolute atomic E-state index is 0.0250. The van der Waals surface area contributed by atoms with Crippen LogP contribution >= 0.6 is 0 Å². The Balaban J connectivity index is 1.36. The number of rotatable bonds is 6. The molecular formula is C23H25N3O3. The number of nitrogens with zero attached hydrogens (tertiary/aromatic N) is 3. The number of carbonyl (C=O) groups excluding carboxylic acids is 1. The van der Waals surface area contributed by atoms with Gasteiger partial charge in [0.2, 0.25) is 11.8 Å². The first kappa shape index (κ1) is 19.3. The molecule has 0 amide bonds. The lowest BCUT2D eigenvalue weighted by atomic mass is 9.88. The van der Waals surface area contributed by atoms with E-state index in [1.54, 1.807) is 7.11 Å². The third-order valence-electron chi connectivity index (χ3n) is 5.64. The van der Waals surface area contributed by atoms with Crippen LogP contribution in [0.4, 0.5) is 0 Å². The van der Waals surface area contributed by atoms with Gasteiger partial charge in [0.1, 0.15) is 5.75 Å². The predicted molar refractivity (Wildman–Crippen MR) is 110 cm³/mol. The molecule has 6 nitrogen and oxygen atoms in total. The molecule has 29 heavy (non-hydrogen) atoms. The van der Waals surface area contributed by atoms with E-state index in [1.807, 2.05) is 54.6 Å². The van der Waals surface area contributed by atoms with Gasteiger partial charge in [0.15, 0.2) is 5.78 Å². The molecule has 2 heterocycles. The number of hydrogen-bond acceptors (Lipinski definition) is 6. The molecule has 3 aromatic rings. The Labute approximate surface area is 170 Å². The Hall–Kier alpha value is -2.99. The average molecular weight is 391 g/mol. The maximum absolute atomic E-state index is 12.8. The number of ketones is 1. The summed E-state index contributed by atoms with van der Waals surface area (Å²) in [5.74, 6) is 2.18. The molecule has 6 heteroatoms. The van der Waals surface area contributed by atoms with E-state index in [9.17, 15) is 4.79 Å². The van der Waals surface area contributed by atoms with Gasteiger partial charge in [-0.3, -0.25) is 9.69 Å². The summed E-state index contributed by atoms with van der Waals surface area (Å²) in [7, 11) is 1.62. The van der Waals surface area contributed by atoms with Crippen LogP contribution in [0.1, 0.15) is 42.1 Å². The molecule has 4 rings (SSSR count). The van der Waals surface area contributed by atoms with Gasteiger partial charge >= 0.3 is 0 Å². The monoisotopic (exact) mass is 391 g/mol. The average Bonchev–Trinajstić information content (AvgIpc) is 3.29. The van der Waals surface area contributed by atoms with E-state index in [2.05, 4.69) is 22.0 Å². The number of methoxy groups -OCH3 is 1. The van der Waals surface area contributed by atoms with Gasteiger partial charge < -0.3 is 9.15 Å². The molecule has 1 atom stereocenters. The third kappa shape index (κ3) is 4.22. The fourth-order valence-corrected chi connectivity index (χ4v) is 3.80. The van der Waals surface area contributed by atoms with E-state index in [0.717, 1.165) is 42.8 Å². The van der Waals surface area contributed by atoms with Crippen molar-refractivity contribution in [3.63, 3.8) is 0 Å². The van der Waals surface area contributed by atoms with Crippen molar-refractivity contribution >= 4 is 5.78 Å². The van der Waals surface area contributed by atoms with Crippen molar-refractivity contribution in [2.45, 2.75) is 25.8 Å². The summed E-state index contributed by atoms with van der Waals surface area (Å²) in [5, 5.41) is 8.44. The van der Waals surface area contributed by atoms with Crippen molar-refractivity contribution in [2.24, 2.45) is 5.92 Å². The molecule has 1 fully saturated rings. The van der Waals surface area contributed by atoms with E-state index in [4.69, 9.17) is 9.15 Å². The molecule has 0 N–H and O–H groups in total. The summed E-state index contributed by atoms with van der Waals surface area (Å²) in [6, 6.07) is 17.2. The van der Waals surface area contributed by atoms with Gasteiger partial charge in [0.25, 0.3) is 0 Å². The van der Waals surface area contributed by atoms with E-state index < -0.39 is 0 Å². The second kappa shape index (κ2) is 8.57. The highest BCUT2D eigenvalue weighted by atomic mass is 16.5. The van der Waals surface area contributed by atoms with Gasteiger partial charge in [0, 0.05) is 17.0 Å². The van der Waals surface area contributed by atoms with Crippen molar-refractivity contribution in [3.05, 3.63) is 66.1 Å². The number of carbonyl (C=O) groups is 1. The first-order valence-electron chi connectivity index (χ1n) is 9.97. The molecule has 1 aliphatic rings. The summed E-state index contributed by atoms with van der Waals surface area (Å²) in [6.45, 7) is 3.74. The van der Waals surface area contributed by atoms with Crippen LogP contribution < -0.4 is 4.74 Å². The van der Waals surface area contributed by atoms with Crippen LogP contribution in [0.25, 0.3) is 11.5 Å². The normalized spacial score (nSPS) is 16.5. The molecule has 0 bridgehead atoms. The number of ether oxygens (including phenoxy) is 1. The molecule has 0 aliphatic carbocycles. The van der Waals surface area contributed by atoms with Gasteiger partial charge in [-0.1, -0.05) is 18.2 Å². The number of aromatic nitrogens is 2. The smallest absolute Gasteiger partial charge is 0.247 e. The Morgan fingerprint density at radius 2 is 1.76 bits per heavy atom. The Morgan fingerprint density at radius 1 is 1.07 bits per heavy atom. The molecule has 1 aromatic heterocycles. The van der Waals surface area contributed by atoms with E-state index in [1.165, 1.54) is 0 Å². The summed E-state index contributed by atoms with van der Waals surface area (Å²) >= 11 is 0. The fourth-order valence-electron chi connectivity index (χ4n) is 3.80. The zero-order chi connectivity index (χ0) is 20.2. The van der Waals surface area contributed by atoms with Crippen LogP contribution in [0.3, 0.4) is 0 Å². The second-order valence-electron chi connectivity index (χ2n) is 7.39.